The van der Waals surface area contributed by atoms with Crippen molar-refractivity contribution in [1.82, 2.24) is 19.3 Å². The molecule has 1 fully saturated rings. The van der Waals surface area contributed by atoms with E-state index in [1.807, 2.05) is 54.8 Å². The number of aryl methyl sites for hydroxylation is 2. The molecule has 0 N–H and O–H groups in total. The average Bonchev–Trinajstić information content (AvgIpc) is 3.36. The van der Waals surface area contributed by atoms with E-state index in [4.69, 9.17) is 9.15 Å². The molecule has 0 atom stereocenters. The number of carbonyl (C=O) groups is 1. The Morgan fingerprint density at radius 3 is 2.59 bits per heavy atom. The molecule has 4 heterocycles. The number of halogens is 1. The first-order valence-electron chi connectivity index (χ1n) is 12.9. The maximum absolute atomic E-state index is 16.0. The van der Waals surface area contributed by atoms with Gasteiger partial charge in [0.1, 0.15) is 17.9 Å². The zero-order valence-electron chi connectivity index (χ0n) is 21.7. The van der Waals surface area contributed by atoms with Crippen LogP contribution in [0, 0.1) is 13.8 Å². The minimum absolute atomic E-state index is 0.120. The number of imidazole rings is 1. The maximum atomic E-state index is 16.0. The van der Waals surface area contributed by atoms with Crippen LogP contribution in [0.2, 0.25) is 0 Å². The van der Waals surface area contributed by atoms with E-state index in [-0.39, 0.29) is 32.5 Å². The molecule has 0 spiro atoms. The van der Waals surface area contributed by atoms with Gasteiger partial charge < -0.3 is 18.5 Å². The average molecular weight is 527 g/mol. The zero-order chi connectivity index (χ0) is 27.1. The van der Waals surface area contributed by atoms with Crippen molar-refractivity contribution in [2.75, 3.05) is 13.1 Å². The lowest BCUT2D eigenvalue weighted by Gasteiger charge is -2.36. The number of fused-ring (bicyclic) bond motifs is 2. The van der Waals surface area contributed by atoms with Crippen LogP contribution in [0.25, 0.3) is 27.9 Å². The van der Waals surface area contributed by atoms with Crippen LogP contribution in [-0.2, 0) is 17.0 Å². The van der Waals surface area contributed by atoms with E-state index in [1.54, 1.807) is 30.5 Å². The van der Waals surface area contributed by atoms with Crippen molar-refractivity contribution in [2.24, 2.45) is 0 Å². The van der Waals surface area contributed by atoms with Crippen molar-refractivity contribution in [3.63, 3.8) is 0 Å². The second-order valence-corrected chi connectivity index (χ2v) is 10.0. The summed E-state index contributed by atoms with van der Waals surface area (Å²) < 4.78 is 28.9. The van der Waals surface area contributed by atoms with Gasteiger partial charge in [0.05, 0.1) is 22.6 Å². The summed E-state index contributed by atoms with van der Waals surface area (Å²) >= 11 is 0. The fraction of sp³-hybridized carbons (Fsp3) is 0.267. The number of aromatic nitrogens is 3. The molecule has 9 heteroatoms. The number of benzene rings is 2. The number of nitrogens with zero attached hydrogens (tertiary/aromatic N) is 4. The first kappa shape index (κ1) is 24.8. The SMILES string of the molecule is Cc1cn2cc(-c3cc4ccc(C5(F)CCN(C(=O)OCc6ccccc6)CC5)cc4oc3=O)nc2c(C)n1. The van der Waals surface area contributed by atoms with Crippen molar-refractivity contribution in [2.45, 2.75) is 39.0 Å². The second kappa shape index (κ2) is 9.65. The van der Waals surface area contributed by atoms with Gasteiger partial charge in [-0.05, 0) is 37.1 Å². The number of alkyl halides is 1. The van der Waals surface area contributed by atoms with E-state index in [0.717, 1.165) is 17.0 Å². The third kappa shape index (κ3) is 4.76. The Labute approximate surface area is 223 Å². The van der Waals surface area contributed by atoms with Gasteiger partial charge in [-0.25, -0.2) is 19.0 Å². The number of hydrogen-bond acceptors (Lipinski definition) is 6. The van der Waals surface area contributed by atoms with Crippen molar-refractivity contribution in [3.05, 3.63) is 99.9 Å². The normalized spacial score (nSPS) is 15.1. The Morgan fingerprint density at radius 1 is 1.05 bits per heavy atom. The van der Waals surface area contributed by atoms with Gasteiger partial charge in [-0.1, -0.05) is 42.5 Å². The van der Waals surface area contributed by atoms with Crippen molar-refractivity contribution < 1.29 is 18.3 Å². The number of rotatable bonds is 4. The van der Waals surface area contributed by atoms with Gasteiger partial charge in [-0.3, -0.25) is 4.98 Å². The van der Waals surface area contributed by atoms with Crippen molar-refractivity contribution in [3.8, 4) is 11.3 Å². The standard InChI is InChI=1S/C30H27FN4O4/c1-19-16-35-17-25(33-27(35)20(2)32-19)24-14-22-8-9-23(15-26(22)39-28(24)36)30(31)10-12-34(13-11-30)29(37)38-18-21-6-4-3-5-7-21/h3-9,14-17H,10-13,18H2,1-2H3. The molecule has 2 aromatic carbocycles. The van der Waals surface area contributed by atoms with Gasteiger partial charge in [-0.2, -0.15) is 0 Å². The first-order chi connectivity index (χ1) is 18.8. The number of carbonyl (C=O) groups excluding carboxylic acids is 1. The predicted molar refractivity (Wildman–Crippen MR) is 144 cm³/mol. The monoisotopic (exact) mass is 526 g/mol. The minimum atomic E-state index is -1.65. The van der Waals surface area contributed by atoms with Crippen LogP contribution in [0.5, 0.6) is 0 Å². The zero-order valence-corrected chi connectivity index (χ0v) is 21.7. The molecule has 0 unspecified atom stereocenters. The van der Waals surface area contributed by atoms with Crippen LogP contribution in [0.3, 0.4) is 0 Å². The van der Waals surface area contributed by atoms with E-state index in [1.165, 1.54) is 4.90 Å². The quantitative estimate of drug-likeness (QED) is 0.279. The summed E-state index contributed by atoms with van der Waals surface area (Å²) in [6.45, 7) is 4.40. The smallest absolute Gasteiger partial charge is 0.410 e. The fourth-order valence-corrected chi connectivity index (χ4v) is 5.15. The number of ether oxygens (including phenoxy) is 1. The predicted octanol–water partition coefficient (Wildman–Crippen LogP) is 5.72. The molecular weight excluding hydrogens is 499 g/mol. The molecular formula is C30H27FN4O4. The lowest BCUT2D eigenvalue weighted by Crippen LogP contribution is -2.43. The molecule has 1 aliphatic rings. The summed E-state index contributed by atoms with van der Waals surface area (Å²) in [5.41, 5.74) is 2.52. The fourth-order valence-electron chi connectivity index (χ4n) is 5.15. The van der Waals surface area contributed by atoms with Crippen LogP contribution < -0.4 is 5.63 Å². The molecule has 8 nitrogen and oxygen atoms in total. The van der Waals surface area contributed by atoms with Crippen LogP contribution in [-0.4, -0.2) is 38.5 Å². The summed E-state index contributed by atoms with van der Waals surface area (Å²) in [5, 5.41) is 0.668. The molecule has 0 aliphatic carbocycles. The molecule has 1 amide bonds. The molecule has 6 rings (SSSR count). The molecule has 1 aliphatic heterocycles. The number of amides is 1. The van der Waals surface area contributed by atoms with Crippen LogP contribution in [0.15, 0.2) is 76.2 Å². The topological polar surface area (TPSA) is 89.9 Å². The Bertz CT molecular complexity index is 1750. The minimum Gasteiger partial charge on any atom is -0.445 e. The summed E-state index contributed by atoms with van der Waals surface area (Å²) in [6.07, 6.45) is 3.41. The molecule has 0 bridgehead atoms. The molecule has 0 radical (unpaired) electrons. The third-order valence-corrected chi connectivity index (χ3v) is 7.27. The van der Waals surface area contributed by atoms with E-state index < -0.39 is 17.4 Å². The van der Waals surface area contributed by atoms with Gasteiger partial charge in [-0.15, -0.1) is 0 Å². The number of piperidine rings is 1. The Balaban J connectivity index is 1.19. The highest BCUT2D eigenvalue weighted by Crippen LogP contribution is 2.38. The van der Waals surface area contributed by atoms with E-state index >= 15 is 4.39 Å². The lowest BCUT2D eigenvalue weighted by molar-refractivity contribution is 0.0392. The van der Waals surface area contributed by atoms with Crippen molar-refractivity contribution in [1.29, 1.82) is 0 Å². The summed E-state index contributed by atoms with van der Waals surface area (Å²) in [6, 6.07) is 16.2. The number of likely N-dealkylation sites (tertiary alicyclic amines) is 1. The lowest BCUT2D eigenvalue weighted by atomic mass is 9.86. The molecule has 5 aromatic rings. The van der Waals surface area contributed by atoms with Crippen molar-refractivity contribution >= 4 is 22.7 Å². The first-order valence-corrected chi connectivity index (χ1v) is 12.9. The molecule has 198 valence electrons. The summed E-state index contributed by atoms with van der Waals surface area (Å²) in [4.78, 5) is 36.0. The van der Waals surface area contributed by atoms with Gasteiger partial charge in [0.2, 0.25) is 0 Å². The van der Waals surface area contributed by atoms with Crippen LogP contribution in [0.1, 0.15) is 35.4 Å². The summed E-state index contributed by atoms with van der Waals surface area (Å²) in [5.74, 6) is 0. The molecule has 39 heavy (non-hydrogen) atoms. The molecule has 1 saturated heterocycles. The van der Waals surface area contributed by atoms with Crippen LogP contribution >= 0.6 is 0 Å². The van der Waals surface area contributed by atoms with Gasteiger partial charge in [0.15, 0.2) is 5.65 Å². The number of hydrogen-bond donors (Lipinski definition) is 0. The van der Waals surface area contributed by atoms with Gasteiger partial charge in [0.25, 0.3) is 0 Å². The van der Waals surface area contributed by atoms with E-state index in [0.29, 0.717) is 33.4 Å². The second-order valence-electron chi connectivity index (χ2n) is 10.0. The highest BCUT2D eigenvalue weighted by Gasteiger charge is 2.38. The Kier molecular flexibility index (Phi) is 6.13. The summed E-state index contributed by atoms with van der Waals surface area (Å²) in [7, 11) is 0. The Hall–Kier alpha value is -4.53. The highest BCUT2D eigenvalue weighted by molar-refractivity contribution is 5.82. The third-order valence-electron chi connectivity index (χ3n) is 7.27. The highest BCUT2D eigenvalue weighted by atomic mass is 19.1. The Morgan fingerprint density at radius 2 is 1.82 bits per heavy atom. The molecule has 0 saturated carbocycles. The van der Waals surface area contributed by atoms with E-state index in [9.17, 15) is 9.59 Å². The molecule has 3 aromatic heterocycles. The van der Waals surface area contributed by atoms with Crippen LogP contribution in [0.4, 0.5) is 9.18 Å². The van der Waals surface area contributed by atoms with Gasteiger partial charge >= 0.3 is 11.7 Å². The largest absolute Gasteiger partial charge is 0.445 e. The maximum Gasteiger partial charge on any atom is 0.410 e. The van der Waals surface area contributed by atoms with Gasteiger partial charge in [0, 0.05) is 43.7 Å². The van der Waals surface area contributed by atoms with E-state index in [2.05, 4.69) is 9.97 Å².